The molecule has 5 heteroatoms. The molecule has 1 heterocycles. The molecule has 0 spiro atoms. The molecule has 0 radical (unpaired) electrons. The zero-order valence-electron chi connectivity index (χ0n) is 7.96. The number of hydrogen-bond donors (Lipinski definition) is 1. The fourth-order valence-electron chi connectivity index (χ4n) is 1.18. The van der Waals surface area contributed by atoms with Crippen LogP contribution in [0.5, 0.6) is 0 Å². The van der Waals surface area contributed by atoms with Crippen molar-refractivity contribution < 1.29 is 0 Å². The molecule has 0 saturated carbocycles. The van der Waals surface area contributed by atoms with Gasteiger partial charge in [-0.1, -0.05) is 0 Å². The van der Waals surface area contributed by atoms with Crippen molar-refractivity contribution in [3.05, 3.63) is 41.7 Å². The van der Waals surface area contributed by atoms with Gasteiger partial charge in [0.05, 0.1) is 29.2 Å². The monoisotopic (exact) mass is 199 g/mol. The van der Waals surface area contributed by atoms with Crippen LogP contribution in [0.4, 0.5) is 0 Å². The summed E-state index contributed by atoms with van der Waals surface area (Å²) in [6.07, 6.45) is 1.62. The average Bonchev–Trinajstić information content (AvgIpc) is 2.78. The summed E-state index contributed by atoms with van der Waals surface area (Å²) in [7, 11) is 0. The van der Waals surface area contributed by atoms with E-state index in [1.807, 2.05) is 0 Å². The van der Waals surface area contributed by atoms with E-state index >= 15 is 0 Å². The van der Waals surface area contributed by atoms with Gasteiger partial charge in [-0.3, -0.25) is 0 Å². The number of nitrogens with two attached hydrogens (primary N) is 1. The minimum absolute atomic E-state index is 0.371. The van der Waals surface area contributed by atoms with Crippen LogP contribution in [0, 0.1) is 11.3 Å². The molecule has 0 saturated heterocycles. The van der Waals surface area contributed by atoms with Crippen molar-refractivity contribution in [1.29, 1.82) is 5.26 Å². The number of rotatable bonds is 2. The maximum Gasteiger partial charge on any atom is 0.0991 e. The molecule has 2 N–H and O–H groups in total. The molecule has 0 unspecified atom stereocenters. The van der Waals surface area contributed by atoms with Gasteiger partial charge in [0.15, 0.2) is 0 Å². The Balaban J connectivity index is 2.33. The molecule has 5 nitrogen and oxygen atoms in total. The first-order valence-electron chi connectivity index (χ1n) is 4.45. The van der Waals surface area contributed by atoms with Gasteiger partial charge in [-0.2, -0.15) is 20.3 Å². The van der Waals surface area contributed by atoms with E-state index in [0.717, 1.165) is 11.4 Å². The van der Waals surface area contributed by atoms with Gasteiger partial charge in [0, 0.05) is 6.54 Å². The van der Waals surface area contributed by atoms with Crippen LogP contribution in [0.15, 0.2) is 30.5 Å². The number of nitriles is 1. The fraction of sp³-hybridized carbons (Fsp3) is 0.100. The van der Waals surface area contributed by atoms with Gasteiger partial charge in [-0.15, -0.1) is 0 Å². The lowest BCUT2D eigenvalue weighted by molar-refractivity contribution is 0.737. The van der Waals surface area contributed by atoms with Crippen LogP contribution in [0.2, 0.25) is 0 Å². The summed E-state index contributed by atoms with van der Waals surface area (Å²) in [5.74, 6) is 0. The third-order valence-corrected chi connectivity index (χ3v) is 1.98. The number of aromatic nitrogens is 3. The quantitative estimate of drug-likeness (QED) is 0.767. The van der Waals surface area contributed by atoms with E-state index in [1.54, 1.807) is 30.5 Å². The van der Waals surface area contributed by atoms with Gasteiger partial charge in [0.25, 0.3) is 0 Å². The minimum Gasteiger partial charge on any atom is -0.325 e. The van der Waals surface area contributed by atoms with Crippen molar-refractivity contribution >= 4 is 0 Å². The van der Waals surface area contributed by atoms with Crippen LogP contribution in [0.25, 0.3) is 5.69 Å². The normalized spacial score (nSPS) is 9.87. The molecule has 1 aromatic heterocycles. The fourth-order valence-corrected chi connectivity index (χ4v) is 1.18. The van der Waals surface area contributed by atoms with Gasteiger partial charge < -0.3 is 5.73 Å². The summed E-state index contributed by atoms with van der Waals surface area (Å²) in [6, 6.07) is 9.08. The van der Waals surface area contributed by atoms with Gasteiger partial charge >= 0.3 is 0 Å². The van der Waals surface area contributed by atoms with E-state index in [0.29, 0.717) is 12.1 Å². The molecule has 15 heavy (non-hydrogen) atoms. The molecule has 2 aromatic rings. The lowest BCUT2D eigenvalue weighted by atomic mass is 10.2. The van der Waals surface area contributed by atoms with Gasteiger partial charge in [0.1, 0.15) is 0 Å². The molecule has 0 amide bonds. The molecule has 0 aliphatic heterocycles. The standard InChI is InChI=1S/C10H9N5/c11-5-8-1-3-10(4-2-8)15-13-7-9(6-12)14-15/h1-4,7H,6,12H2. The van der Waals surface area contributed by atoms with Crippen LogP contribution in [-0.2, 0) is 6.54 Å². The Morgan fingerprint density at radius 3 is 2.60 bits per heavy atom. The summed E-state index contributed by atoms with van der Waals surface area (Å²) in [5, 5.41) is 16.8. The van der Waals surface area contributed by atoms with Gasteiger partial charge in [-0.25, -0.2) is 0 Å². The Kier molecular flexibility index (Phi) is 2.44. The van der Waals surface area contributed by atoms with E-state index < -0.39 is 0 Å². The van der Waals surface area contributed by atoms with E-state index in [-0.39, 0.29) is 0 Å². The summed E-state index contributed by atoms with van der Waals surface area (Å²) < 4.78 is 0. The molecule has 1 aromatic carbocycles. The molecule has 0 aliphatic carbocycles. The van der Waals surface area contributed by atoms with E-state index in [1.165, 1.54) is 4.80 Å². The molecular weight excluding hydrogens is 190 g/mol. The Hall–Kier alpha value is -2.19. The maximum absolute atomic E-state index is 8.64. The minimum atomic E-state index is 0.371. The number of benzene rings is 1. The first-order valence-corrected chi connectivity index (χ1v) is 4.45. The molecule has 0 fully saturated rings. The predicted molar refractivity (Wildman–Crippen MR) is 54.0 cm³/mol. The van der Waals surface area contributed by atoms with E-state index in [9.17, 15) is 0 Å². The molecular formula is C10H9N5. The van der Waals surface area contributed by atoms with Crippen molar-refractivity contribution in [3.63, 3.8) is 0 Å². The van der Waals surface area contributed by atoms with Crippen LogP contribution in [0.3, 0.4) is 0 Å². The average molecular weight is 199 g/mol. The van der Waals surface area contributed by atoms with E-state index in [4.69, 9.17) is 11.0 Å². The smallest absolute Gasteiger partial charge is 0.0991 e. The lowest BCUT2D eigenvalue weighted by Crippen LogP contribution is -2.01. The van der Waals surface area contributed by atoms with Crippen molar-refractivity contribution in [2.45, 2.75) is 6.54 Å². The molecule has 0 bridgehead atoms. The highest BCUT2D eigenvalue weighted by Gasteiger charge is 2.00. The topological polar surface area (TPSA) is 80.5 Å². The van der Waals surface area contributed by atoms with Crippen LogP contribution < -0.4 is 5.73 Å². The Labute approximate surface area is 86.7 Å². The molecule has 2 rings (SSSR count). The zero-order valence-corrected chi connectivity index (χ0v) is 7.96. The van der Waals surface area contributed by atoms with Crippen LogP contribution in [0.1, 0.15) is 11.3 Å². The Morgan fingerprint density at radius 1 is 1.33 bits per heavy atom. The second-order valence-corrected chi connectivity index (χ2v) is 2.99. The Bertz CT molecular complexity index is 491. The first-order chi connectivity index (χ1) is 7.33. The zero-order chi connectivity index (χ0) is 10.7. The third-order valence-electron chi connectivity index (χ3n) is 1.98. The molecule has 74 valence electrons. The lowest BCUT2D eigenvalue weighted by Gasteiger charge is -1.98. The molecule has 0 atom stereocenters. The van der Waals surface area contributed by atoms with Crippen LogP contribution in [-0.4, -0.2) is 15.0 Å². The summed E-state index contributed by atoms with van der Waals surface area (Å²) >= 11 is 0. The van der Waals surface area contributed by atoms with E-state index in [2.05, 4.69) is 16.3 Å². The third kappa shape index (κ3) is 1.85. The second kappa shape index (κ2) is 3.90. The highest BCUT2D eigenvalue weighted by Crippen LogP contribution is 2.07. The number of nitrogens with zero attached hydrogens (tertiary/aromatic N) is 4. The summed E-state index contributed by atoms with van der Waals surface area (Å²) in [6.45, 7) is 0.371. The van der Waals surface area contributed by atoms with Crippen molar-refractivity contribution in [1.82, 2.24) is 15.0 Å². The molecule has 0 aliphatic rings. The second-order valence-electron chi connectivity index (χ2n) is 2.99. The first kappa shape index (κ1) is 9.37. The highest BCUT2D eigenvalue weighted by molar-refractivity contribution is 5.37. The van der Waals surface area contributed by atoms with Crippen molar-refractivity contribution in [3.8, 4) is 11.8 Å². The summed E-state index contributed by atoms with van der Waals surface area (Å²) in [4.78, 5) is 1.49. The maximum atomic E-state index is 8.64. The number of hydrogen-bond acceptors (Lipinski definition) is 4. The van der Waals surface area contributed by atoms with Crippen molar-refractivity contribution in [2.24, 2.45) is 5.73 Å². The predicted octanol–water partition coefficient (Wildman–Crippen LogP) is 0.598. The van der Waals surface area contributed by atoms with Gasteiger partial charge in [0.2, 0.25) is 0 Å². The Morgan fingerprint density at radius 2 is 2.07 bits per heavy atom. The summed E-state index contributed by atoms with van der Waals surface area (Å²) in [5.41, 5.74) is 7.59. The van der Waals surface area contributed by atoms with Crippen molar-refractivity contribution in [2.75, 3.05) is 0 Å². The SMILES string of the molecule is N#Cc1ccc(-n2ncc(CN)n2)cc1. The van der Waals surface area contributed by atoms with Crippen LogP contribution >= 0.6 is 0 Å². The largest absolute Gasteiger partial charge is 0.325 e. The highest BCUT2D eigenvalue weighted by atomic mass is 15.5. The van der Waals surface area contributed by atoms with Gasteiger partial charge in [-0.05, 0) is 24.3 Å².